The molecule has 0 N–H and O–H groups in total. The van der Waals surface area contributed by atoms with Gasteiger partial charge in [-0.3, -0.25) is 9.59 Å². The molecule has 25 heavy (non-hydrogen) atoms. The second-order valence-corrected chi connectivity index (χ2v) is 9.41. The molecular formula is C21H34O4. The average Bonchev–Trinajstić information content (AvgIpc) is 2.55. The SMILES string of the molecule is CCC(C)(C)C(=O)OCCCC(=O)OC12CC3CC(CC(C3)C1C)C2. The molecule has 4 saturated carbocycles. The predicted molar refractivity (Wildman–Crippen MR) is 95.8 cm³/mol. The molecule has 4 rings (SSSR count). The Morgan fingerprint density at radius 1 is 1.12 bits per heavy atom. The first kappa shape index (κ1) is 18.7. The van der Waals surface area contributed by atoms with E-state index in [4.69, 9.17) is 9.47 Å². The zero-order valence-electron chi connectivity index (χ0n) is 16.3. The topological polar surface area (TPSA) is 52.6 Å². The largest absolute Gasteiger partial charge is 0.465 e. The van der Waals surface area contributed by atoms with E-state index in [0.29, 0.717) is 25.4 Å². The zero-order valence-corrected chi connectivity index (χ0v) is 16.3. The van der Waals surface area contributed by atoms with Crippen LogP contribution in [0.4, 0.5) is 0 Å². The first-order valence-corrected chi connectivity index (χ1v) is 10.1. The first-order valence-electron chi connectivity index (χ1n) is 10.1. The van der Waals surface area contributed by atoms with E-state index in [-0.39, 0.29) is 17.5 Å². The maximum absolute atomic E-state index is 12.4. The molecule has 4 bridgehead atoms. The van der Waals surface area contributed by atoms with Crippen molar-refractivity contribution in [3.8, 4) is 0 Å². The van der Waals surface area contributed by atoms with Gasteiger partial charge in [0.2, 0.25) is 0 Å². The van der Waals surface area contributed by atoms with E-state index in [1.165, 1.54) is 19.3 Å². The van der Waals surface area contributed by atoms with Crippen molar-refractivity contribution in [2.24, 2.45) is 29.1 Å². The van der Waals surface area contributed by atoms with Gasteiger partial charge < -0.3 is 9.47 Å². The maximum Gasteiger partial charge on any atom is 0.311 e. The average molecular weight is 350 g/mol. The summed E-state index contributed by atoms with van der Waals surface area (Å²) in [5.41, 5.74) is -0.651. The predicted octanol–water partition coefficient (Wildman–Crippen LogP) is 4.50. The molecule has 3 atom stereocenters. The fourth-order valence-corrected chi connectivity index (χ4v) is 5.40. The lowest BCUT2D eigenvalue weighted by Gasteiger charge is -2.59. The number of carbonyl (C=O) groups excluding carboxylic acids is 2. The Bertz CT molecular complexity index is 510. The van der Waals surface area contributed by atoms with E-state index in [0.717, 1.165) is 37.0 Å². The molecule has 0 saturated heterocycles. The number of esters is 2. The van der Waals surface area contributed by atoms with E-state index in [1.807, 2.05) is 20.8 Å². The van der Waals surface area contributed by atoms with E-state index in [2.05, 4.69) is 6.92 Å². The van der Waals surface area contributed by atoms with E-state index in [9.17, 15) is 9.59 Å². The van der Waals surface area contributed by atoms with Crippen LogP contribution in [0.1, 0.15) is 79.1 Å². The van der Waals surface area contributed by atoms with Crippen molar-refractivity contribution in [2.45, 2.75) is 84.7 Å². The van der Waals surface area contributed by atoms with Crippen molar-refractivity contribution in [3.63, 3.8) is 0 Å². The van der Waals surface area contributed by atoms with Gasteiger partial charge in [-0.25, -0.2) is 0 Å². The van der Waals surface area contributed by atoms with Gasteiger partial charge in [-0.1, -0.05) is 13.8 Å². The molecule has 0 radical (unpaired) electrons. The summed E-state index contributed by atoms with van der Waals surface area (Å²) in [5, 5.41) is 0. The molecule has 4 aliphatic rings. The second kappa shape index (κ2) is 6.92. The lowest BCUT2D eigenvalue weighted by Crippen LogP contribution is -2.58. The van der Waals surface area contributed by atoms with Gasteiger partial charge in [0.05, 0.1) is 12.0 Å². The third-order valence-corrected chi connectivity index (χ3v) is 7.26. The Morgan fingerprint density at radius 3 is 2.36 bits per heavy atom. The third kappa shape index (κ3) is 3.73. The molecule has 0 amide bonds. The van der Waals surface area contributed by atoms with Crippen LogP contribution in [0, 0.1) is 29.1 Å². The minimum Gasteiger partial charge on any atom is -0.465 e. The molecular weight excluding hydrogens is 316 g/mol. The van der Waals surface area contributed by atoms with Crippen LogP contribution in [0.5, 0.6) is 0 Å². The number of carbonyl (C=O) groups is 2. The van der Waals surface area contributed by atoms with Gasteiger partial charge in [-0.2, -0.15) is 0 Å². The Balaban J connectivity index is 1.45. The zero-order chi connectivity index (χ0) is 18.2. The number of hydrogen-bond donors (Lipinski definition) is 0. The smallest absolute Gasteiger partial charge is 0.311 e. The van der Waals surface area contributed by atoms with Crippen LogP contribution >= 0.6 is 0 Å². The molecule has 4 nitrogen and oxygen atoms in total. The molecule has 3 unspecified atom stereocenters. The lowest BCUT2D eigenvalue weighted by molar-refractivity contribution is -0.205. The molecule has 0 aliphatic heterocycles. The molecule has 0 spiro atoms. The third-order valence-electron chi connectivity index (χ3n) is 7.26. The van der Waals surface area contributed by atoms with Crippen molar-refractivity contribution in [1.29, 1.82) is 0 Å². The monoisotopic (exact) mass is 350 g/mol. The summed E-state index contributed by atoms with van der Waals surface area (Å²) in [4.78, 5) is 24.4. The van der Waals surface area contributed by atoms with Crippen LogP contribution < -0.4 is 0 Å². The van der Waals surface area contributed by atoms with Crippen LogP contribution in [0.15, 0.2) is 0 Å². The normalized spacial score (nSPS) is 36.3. The van der Waals surface area contributed by atoms with Crippen LogP contribution in [-0.4, -0.2) is 24.1 Å². The van der Waals surface area contributed by atoms with Crippen LogP contribution in [0.25, 0.3) is 0 Å². The van der Waals surface area contributed by atoms with Gasteiger partial charge in [0.25, 0.3) is 0 Å². The fraction of sp³-hybridized carbons (Fsp3) is 0.905. The molecule has 0 heterocycles. The van der Waals surface area contributed by atoms with E-state index in [1.54, 1.807) is 0 Å². The molecule has 0 aromatic heterocycles. The molecule has 0 aromatic carbocycles. The Labute approximate surface area is 152 Å². The van der Waals surface area contributed by atoms with Crippen molar-refractivity contribution in [2.75, 3.05) is 6.61 Å². The van der Waals surface area contributed by atoms with Gasteiger partial charge in [0, 0.05) is 6.42 Å². The van der Waals surface area contributed by atoms with Crippen LogP contribution in [0.2, 0.25) is 0 Å². The molecule has 4 fully saturated rings. The van der Waals surface area contributed by atoms with Crippen LogP contribution in [0.3, 0.4) is 0 Å². The van der Waals surface area contributed by atoms with Gasteiger partial charge in [0.1, 0.15) is 5.60 Å². The Kier molecular flexibility index (Phi) is 5.18. The van der Waals surface area contributed by atoms with Gasteiger partial charge in [-0.15, -0.1) is 0 Å². The highest BCUT2D eigenvalue weighted by atomic mass is 16.6. The van der Waals surface area contributed by atoms with Crippen molar-refractivity contribution in [1.82, 2.24) is 0 Å². The number of hydrogen-bond acceptors (Lipinski definition) is 4. The maximum atomic E-state index is 12.4. The van der Waals surface area contributed by atoms with Gasteiger partial charge in [-0.05, 0) is 82.5 Å². The van der Waals surface area contributed by atoms with Gasteiger partial charge in [0.15, 0.2) is 0 Å². The fourth-order valence-electron chi connectivity index (χ4n) is 5.40. The van der Waals surface area contributed by atoms with Gasteiger partial charge >= 0.3 is 11.9 Å². The highest BCUT2D eigenvalue weighted by Crippen LogP contribution is 2.59. The highest BCUT2D eigenvalue weighted by Gasteiger charge is 2.57. The summed E-state index contributed by atoms with van der Waals surface area (Å²) >= 11 is 0. The second-order valence-electron chi connectivity index (χ2n) is 9.41. The minimum absolute atomic E-state index is 0.111. The highest BCUT2D eigenvalue weighted by molar-refractivity contribution is 5.75. The summed E-state index contributed by atoms with van der Waals surface area (Å²) in [7, 11) is 0. The summed E-state index contributed by atoms with van der Waals surface area (Å²) < 4.78 is 11.4. The summed E-state index contributed by atoms with van der Waals surface area (Å²) in [6.45, 7) is 8.33. The Morgan fingerprint density at radius 2 is 1.76 bits per heavy atom. The molecule has 4 heteroatoms. The van der Waals surface area contributed by atoms with Crippen LogP contribution in [-0.2, 0) is 19.1 Å². The van der Waals surface area contributed by atoms with E-state index < -0.39 is 5.41 Å². The molecule has 0 aromatic rings. The Hall–Kier alpha value is -1.06. The molecule has 4 aliphatic carbocycles. The quantitative estimate of drug-likeness (QED) is 0.501. The van der Waals surface area contributed by atoms with Crippen molar-refractivity contribution >= 4 is 11.9 Å². The van der Waals surface area contributed by atoms with E-state index >= 15 is 0 Å². The summed E-state index contributed by atoms with van der Waals surface area (Å²) in [6, 6.07) is 0. The first-order chi connectivity index (χ1) is 11.8. The molecule has 142 valence electrons. The minimum atomic E-state index is -0.449. The standard InChI is InChI=1S/C21H34O4/c1-5-20(3,4)19(23)24-8-6-7-18(22)25-21-12-15-9-16(13-21)11-17(10-15)14(21)2/h14-17H,5-13H2,1-4H3. The van der Waals surface area contributed by atoms with Crippen molar-refractivity contribution in [3.05, 3.63) is 0 Å². The summed E-state index contributed by atoms with van der Waals surface area (Å²) in [6.07, 6.45) is 7.77. The lowest BCUT2D eigenvalue weighted by atomic mass is 9.50. The summed E-state index contributed by atoms with van der Waals surface area (Å²) in [5.74, 6) is 2.47. The number of rotatable bonds is 7. The number of ether oxygens (including phenoxy) is 2. The van der Waals surface area contributed by atoms with Crippen molar-refractivity contribution < 1.29 is 19.1 Å².